The van der Waals surface area contributed by atoms with Gasteiger partial charge in [0.25, 0.3) is 0 Å². The fourth-order valence-electron chi connectivity index (χ4n) is 3.27. The number of rotatable bonds is 2. The Balaban J connectivity index is 1.79. The van der Waals surface area contributed by atoms with Gasteiger partial charge in [-0.05, 0) is 17.5 Å². The molecule has 0 saturated heterocycles. The standard InChI is InChI=1S/C18H16N2/c1-12(15-10-19-17-8-4-2-6-13(15)17)16-11-20-18-9-5-3-7-14(16)18/h2-12,15,20H,1H3/p+1. The zero-order valence-corrected chi connectivity index (χ0v) is 11.4. The average Bonchev–Trinajstić information content (AvgIpc) is 3.11. The molecule has 2 aromatic carbocycles. The van der Waals surface area contributed by atoms with Crippen molar-refractivity contribution in [2.24, 2.45) is 0 Å². The van der Waals surface area contributed by atoms with Gasteiger partial charge in [-0.25, -0.2) is 4.99 Å². The van der Waals surface area contributed by atoms with Crippen LogP contribution in [0.2, 0.25) is 0 Å². The minimum Gasteiger partial charge on any atom is -0.361 e. The molecule has 0 bridgehead atoms. The minimum atomic E-state index is 0.422. The van der Waals surface area contributed by atoms with Crippen LogP contribution >= 0.6 is 0 Å². The topological polar surface area (TPSA) is 29.8 Å². The number of aromatic nitrogens is 1. The number of para-hydroxylation sites is 2. The molecule has 2 heteroatoms. The number of aromatic amines is 1. The van der Waals surface area contributed by atoms with Crippen LogP contribution in [0.5, 0.6) is 0 Å². The minimum absolute atomic E-state index is 0.422. The van der Waals surface area contributed by atoms with Crippen molar-refractivity contribution in [3.63, 3.8) is 0 Å². The third kappa shape index (κ3) is 1.61. The number of nitrogens with one attached hydrogen (secondary N) is 2. The van der Waals surface area contributed by atoms with Crippen LogP contribution in [0.25, 0.3) is 10.9 Å². The van der Waals surface area contributed by atoms with Gasteiger partial charge in [-0.1, -0.05) is 43.3 Å². The molecule has 20 heavy (non-hydrogen) atoms. The van der Waals surface area contributed by atoms with Crippen molar-refractivity contribution in [2.75, 3.05) is 0 Å². The van der Waals surface area contributed by atoms with Crippen molar-refractivity contribution in [2.45, 2.75) is 18.8 Å². The van der Waals surface area contributed by atoms with Crippen LogP contribution in [-0.2, 0) is 0 Å². The summed E-state index contributed by atoms with van der Waals surface area (Å²) in [5, 5.41) is 1.33. The van der Waals surface area contributed by atoms with E-state index in [4.69, 9.17) is 0 Å². The van der Waals surface area contributed by atoms with E-state index in [1.165, 1.54) is 27.7 Å². The summed E-state index contributed by atoms with van der Waals surface area (Å²) < 4.78 is 0. The van der Waals surface area contributed by atoms with E-state index in [0.29, 0.717) is 11.8 Å². The summed E-state index contributed by atoms with van der Waals surface area (Å²) in [5.74, 6) is 0.868. The molecule has 0 amide bonds. The first-order valence-electron chi connectivity index (χ1n) is 7.09. The average molecular weight is 261 g/mol. The normalized spacial score (nSPS) is 18.4. The van der Waals surface area contributed by atoms with Crippen LogP contribution in [0.15, 0.2) is 54.7 Å². The molecule has 2 heterocycles. The molecule has 0 fully saturated rings. The molecule has 1 aromatic heterocycles. The highest BCUT2D eigenvalue weighted by Crippen LogP contribution is 2.37. The molecule has 0 saturated carbocycles. The summed E-state index contributed by atoms with van der Waals surface area (Å²) in [4.78, 5) is 6.79. The van der Waals surface area contributed by atoms with Crippen molar-refractivity contribution in [3.8, 4) is 0 Å². The third-order valence-corrected chi connectivity index (χ3v) is 4.39. The van der Waals surface area contributed by atoms with Gasteiger partial charge >= 0.3 is 0 Å². The van der Waals surface area contributed by atoms with E-state index in [0.717, 1.165) is 0 Å². The summed E-state index contributed by atoms with van der Waals surface area (Å²) in [6.07, 6.45) is 4.38. The Morgan fingerprint density at radius 3 is 2.80 bits per heavy atom. The van der Waals surface area contributed by atoms with Gasteiger partial charge in [-0.3, -0.25) is 0 Å². The summed E-state index contributed by atoms with van der Waals surface area (Å²) in [5.41, 5.74) is 5.24. The van der Waals surface area contributed by atoms with E-state index in [9.17, 15) is 0 Å². The maximum atomic E-state index is 3.41. The lowest BCUT2D eigenvalue weighted by Gasteiger charge is -2.15. The van der Waals surface area contributed by atoms with E-state index >= 15 is 0 Å². The van der Waals surface area contributed by atoms with E-state index in [1.807, 2.05) is 0 Å². The maximum Gasteiger partial charge on any atom is 0.207 e. The van der Waals surface area contributed by atoms with Gasteiger partial charge in [0, 0.05) is 28.7 Å². The zero-order valence-electron chi connectivity index (χ0n) is 11.4. The highest BCUT2D eigenvalue weighted by atomic mass is 14.8. The Labute approximate surface area is 118 Å². The lowest BCUT2D eigenvalue weighted by molar-refractivity contribution is -0.344. The van der Waals surface area contributed by atoms with Crippen molar-refractivity contribution in [1.29, 1.82) is 0 Å². The van der Waals surface area contributed by atoms with Gasteiger partial charge in [0.05, 0.1) is 5.92 Å². The Hall–Kier alpha value is -2.35. The lowest BCUT2D eigenvalue weighted by atomic mass is 9.84. The second-order valence-corrected chi connectivity index (χ2v) is 5.50. The van der Waals surface area contributed by atoms with Crippen LogP contribution < -0.4 is 4.99 Å². The van der Waals surface area contributed by atoms with Gasteiger partial charge < -0.3 is 4.98 Å². The molecule has 3 aromatic rings. The number of hydrogen-bond donors (Lipinski definition) is 2. The predicted octanol–water partition coefficient (Wildman–Crippen LogP) is 2.85. The largest absolute Gasteiger partial charge is 0.361 e. The fraction of sp³-hybridized carbons (Fsp3) is 0.167. The highest BCUT2D eigenvalue weighted by molar-refractivity contribution is 5.85. The van der Waals surface area contributed by atoms with Crippen LogP contribution in [0.4, 0.5) is 5.69 Å². The molecule has 2 unspecified atom stereocenters. The number of benzene rings is 2. The van der Waals surface area contributed by atoms with E-state index < -0.39 is 0 Å². The second kappa shape index (κ2) is 4.34. The van der Waals surface area contributed by atoms with E-state index in [-0.39, 0.29) is 0 Å². The lowest BCUT2D eigenvalue weighted by Crippen LogP contribution is -2.59. The molecule has 98 valence electrons. The monoisotopic (exact) mass is 261 g/mol. The number of hydrogen-bond acceptors (Lipinski definition) is 0. The van der Waals surface area contributed by atoms with Gasteiger partial charge in [-0.2, -0.15) is 0 Å². The Morgan fingerprint density at radius 2 is 1.85 bits per heavy atom. The highest BCUT2D eigenvalue weighted by Gasteiger charge is 2.30. The number of fused-ring (bicyclic) bond motifs is 2. The Morgan fingerprint density at radius 1 is 1.05 bits per heavy atom. The molecule has 2 atom stereocenters. The molecule has 2 N–H and O–H groups in total. The first-order valence-corrected chi connectivity index (χ1v) is 7.09. The van der Waals surface area contributed by atoms with Crippen molar-refractivity contribution >= 4 is 22.8 Å². The first kappa shape index (κ1) is 11.5. The fourth-order valence-corrected chi connectivity index (χ4v) is 3.27. The van der Waals surface area contributed by atoms with Gasteiger partial charge in [0.1, 0.15) is 0 Å². The van der Waals surface area contributed by atoms with E-state index in [1.54, 1.807) is 0 Å². The summed E-state index contributed by atoms with van der Waals surface area (Å²) >= 11 is 0. The van der Waals surface area contributed by atoms with Crippen molar-refractivity contribution in [3.05, 3.63) is 65.9 Å². The summed E-state index contributed by atoms with van der Waals surface area (Å²) in [6.45, 7) is 2.31. The summed E-state index contributed by atoms with van der Waals surface area (Å²) in [6, 6.07) is 17.1. The molecule has 0 radical (unpaired) electrons. The SMILES string of the molecule is CC(c1c[nH]c2ccccc12)C1C=[NH+]c2ccccc21. The van der Waals surface area contributed by atoms with Crippen LogP contribution in [0.1, 0.15) is 29.9 Å². The number of H-pyrrole nitrogens is 1. The molecule has 4 rings (SSSR count). The Kier molecular flexibility index (Phi) is 2.49. The van der Waals surface area contributed by atoms with Crippen LogP contribution in [0, 0.1) is 0 Å². The molecule has 2 nitrogen and oxygen atoms in total. The zero-order chi connectivity index (χ0) is 13.5. The van der Waals surface area contributed by atoms with Gasteiger partial charge in [0.2, 0.25) is 5.69 Å². The van der Waals surface area contributed by atoms with Crippen molar-refractivity contribution in [1.82, 2.24) is 4.98 Å². The molecule has 1 aliphatic rings. The maximum absolute atomic E-state index is 3.41. The van der Waals surface area contributed by atoms with Gasteiger partial charge in [0.15, 0.2) is 6.21 Å². The summed E-state index contributed by atoms with van der Waals surface area (Å²) in [7, 11) is 0. The molecule has 1 aliphatic heterocycles. The molecule has 0 aliphatic carbocycles. The van der Waals surface area contributed by atoms with Crippen LogP contribution in [-0.4, -0.2) is 11.2 Å². The van der Waals surface area contributed by atoms with Crippen LogP contribution in [0.3, 0.4) is 0 Å². The second-order valence-electron chi connectivity index (χ2n) is 5.50. The Bertz CT molecular complexity index is 798. The smallest absolute Gasteiger partial charge is 0.207 e. The quantitative estimate of drug-likeness (QED) is 0.710. The first-order chi connectivity index (χ1) is 9.84. The van der Waals surface area contributed by atoms with E-state index in [2.05, 4.69) is 77.8 Å². The van der Waals surface area contributed by atoms with Crippen molar-refractivity contribution < 1.29 is 4.99 Å². The molecule has 0 spiro atoms. The predicted molar refractivity (Wildman–Crippen MR) is 82.6 cm³/mol. The molecular weight excluding hydrogens is 244 g/mol. The van der Waals surface area contributed by atoms with Gasteiger partial charge in [-0.15, -0.1) is 0 Å². The third-order valence-electron chi connectivity index (χ3n) is 4.39. The molecular formula is C18H17N2+.